The van der Waals surface area contributed by atoms with Gasteiger partial charge in [0.25, 0.3) is 0 Å². The van der Waals surface area contributed by atoms with Gasteiger partial charge in [-0.25, -0.2) is 0 Å². The van der Waals surface area contributed by atoms with Gasteiger partial charge in [0.05, 0.1) is 6.61 Å². The third-order valence-electron chi connectivity index (χ3n) is 2.07. The standard InChI is InChI=1S/C11H15NO2S/c1-8(11(12)14)7-15-10-4-2-3-9(5-10)6-13/h2-5,8,13H,6-7H2,1H3,(H2,12,14). The first kappa shape index (κ1) is 12.1. The number of carbonyl (C=O) groups is 1. The number of hydrogen-bond donors (Lipinski definition) is 2. The second-order valence-electron chi connectivity index (χ2n) is 3.42. The summed E-state index contributed by atoms with van der Waals surface area (Å²) in [7, 11) is 0. The maximum absolute atomic E-state index is 10.8. The lowest BCUT2D eigenvalue weighted by molar-refractivity contribution is -0.120. The molecule has 1 aromatic carbocycles. The molecule has 0 heterocycles. The van der Waals surface area contributed by atoms with E-state index in [1.807, 2.05) is 31.2 Å². The molecule has 0 bridgehead atoms. The number of hydrogen-bond acceptors (Lipinski definition) is 3. The zero-order chi connectivity index (χ0) is 11.3. The Hall–Kier alpha value is -1.00. The Morgan fingerprint density at radius 1 is 1.60 bits per heavy atom. The Bertz CT molecular complexity index is 341. The average Bonchev–Trinajstić information content (AvgIpc) is 2.26. The predicted octanol–water partition coefficient (Wildman–Crippen LogP) is 1.39. The average molecular weight is 225 g/mol. The van der Waals surface area contributed by atoms with Crippen LogP contribution in [0.1, 0.15) is 12.5 Å². The summed E-state index contributed by atoms with van der Waals surface area (Å²) in [6.45, 7) is 1.85. The van der Waals surface area contributed by atoms with Gasteiger partial charge < -0.3 is 10.8 Å². The van der Waals surface area contributed by atoms with Crippen molar-refractivity contribution >= 4 is 17.7 Å². The third-order valence-corrected chi connectivity index (χ3v) is 3.32. The first-order valence-corrected chi connectivity index (χ1v) is 5.74. The monoisotopic (exact) mass is 225 g/mol. The van der Waals surface area contributed by atoms with Crippen LogP contribution in [0.15, 0.2) is 29.2 Å². The van der Waals surface area contributed by atoms with Gasteiger partial charge in [0.2, 0.25) is 5.91 Å². The summed E-state index contributed by atoms with van der Waals surface area (Å²) in [6.07, 6.45) is 0. The van der Waals surface area contributed by atoms with Crippen LogP contribution < -0.4 is 5.73 Å². The first-order valence-electron chi connectivity index (χ1n) is 4.75. The van der Waals surface area contributed by atoms with Crippen molar-refractivity contribution in [2.24, 2.45) is 11.7 Å². The van der Waals surface area contributed by atoms with Gasteiger partial charge in [-0.1, -0.05) is 19.1 Å². The normalized spacial score (nSPS) is 12.4. The maximum Gasteiger partial charge on any atom is 0.221 e. The van der Waals surface area contributed by atoms with E-state index in [9.17, 15) is 4.79 Å². The van der Waals surface area contributed by atoms with E-state index in [-0.39, 0.29) is 18.4 Å². The highest BCUT2D eigenvalue weighted by molar-refractivity contribution is 7.99. The van der Waals surface area contributed by atoms with Crippen molar-refractivity contribution in [3.05, 3.63) is 29.8 Å². The molecule has 0 aromatic heterocycles. The minimum atomic E-state index is -0.277. The fourth-order valence-electron chi connectivity index (χ4n) is 1.04. The molecule has 0 aliphatic rings. The molecule has 0 aliphatic heterocycles. The van der Waals surface area contributed by atoms with Crippen LogP contribution in [0.2, 0.25) is 0 Å². The fourth-order valence-corrected chi connectivity index (χ4v) is 2.05. The van der Waals surface area contributed by atoms with Crippen LogP contribution in [0.3, 0.4) is 0 Å². The van der Waals surface area contributed by atoms with Gasteiger partial charge in [-0.2, -0.15) is 0 Å². The van der Waals surface area contributed by atoms with Gasteiger partial charge in [0.15, 0.2) is 0 Å². The Labute approximate surface area is 93.7 Å². The number of aliphatic hydroxyl groups is 1. The molecule has 3 nitrogen and oxygen atoms in total. The highest BCUT2D eigenvalue weighted by Crippen LogP contribution is 2.21. The summed E-state index contributed by atoms with van der Waals surface area (Å²) >= 11 is 1.57. The van der Waals surface area contributed by atoms with Gasteiger partial charge >= 0.3 is 0 Å². The number of amides is 1. The van der Waals surface area contributed by atoms with Crippen molar-refractivity contribution < 1.29 is 9.90 Å². The van der Waals surface area contributed by atoms with Crippen molar-refractivity contribution in [2.75, 3.05) is 5.75 Å². The Balaban J connectivity index is 2.53. The summed E-state index contributed by atoms with van der Waals surface area (Å²) in [6, 6.07) is 7.63. The number of rotatable bonds is 5. The van der Waals surface area contributed by atoms with Crippen molar-refractivity contribution in [2.45, 2.75) is 18.4 Å². The summed E-state index contributed by atoms with van der Waals surface area (Å²) in [4.78, 5) is 11.9. The van der Waals surface area contributed by atoms with Crippen molar-refractivity contribution in [3.8, 4) is 0 Å². The molecule has 1 aromatic rings. The molecule has 82 valence electrons. The maximum atomic E-state index is 10.8. The molecule has 0 saturated heterocycles. The number of thioether (sulfide) groups is 1. The molecule has 3 N–H and O–H groups in total. The molecule has 1 amide bonds. The minimum Gasteiger partial charge on any atom is -0.392 e. The van der Waals surface area contributed by atoms with E-state index in [1.165, 1.54) is 0 Å². The predicted molar refractivity (Wildman–Crippen MR) is 61.4 cm³/mol. The molecule has 1 unspecified atom stereocenters. The van der Waals surface area contributed by atoms with E-state index < -0.39 is 0 Å². The van der Waals surface area contributed by atoms with E-state index >= 15 is 0 Å². The van der Waals surface area contributed by atoms with Crippen LogP contribution >= 0.6 is 11.8 Å². The number of aliphatic hydroxyl groups excluding tert-OH is 1. The zero-order valence-electron chi connectivity index (χ0n) is 8.64. The lowest BCUT2D eigenvalue weighted by Gasteiger charge is -2.07. The molecular formula is C11H15NO2S. The SMILES string of the molecule is CC(CSc1cccc(CO)c1)C(N)=O. The molecule has 1 atom stereocenters. The number of benzene rings is 1. The zero-order valence-corrected chi connectivity index (χ0v) is 9.46. The molecule has 0 fully saturated rings. The molecule has 0 aliphatic carbocycles. The number of nitrogens with two attached hydrogens (primary N) is 1. The molecule has 0 radical (unpaired) electrons. The van der Waals surface area contributed by atoms with Gasteiger partial charge in [-0.15, -0.1) is 11.8 Å². The Kier molecular flexibility index (Phi) is 4.65. The second kappa shape index (κ2) is 5.78. The van der Waals surface area contributed by atoms with Gasteiger partial charge in [-0.3, -0.25) is 4.79 Å². The summed E-state index contributed by atoms with van der Waals surface area (Å²) < 4.78 is 0. The highest BCUT2D eigenvalue weighted by Gasteiger charge is 2.08. The Morgan fingerprint density at radius 2 is 2.33 bits per heavy atom. The molecule has 4 heteroatoms. The minimum absolute atomic E-state index is 0.0414. The smallest absolute Gasteiger partial charge is 0.221 e. The van der Waals surface area contributed by atoms with Crippen molar-refractivity contribution in [1.29, 1.82) is 0 Å². The molecule has 1 rings (SSSR count). The van der Waals surface area contributed by atoms with Gasteiger partial charge in [-0.05, 0) is 17.7 Å². The number of primary amides is 1. The van der Waals surface area contributed by atoms with Crippen LogP contribution in [-0.4, -0.2) is 16.8 Å². The molecule has 0 spiro atoms. The lowest BCUT2D eigenvalue weighted by Crippen LogP contribution is -2.22. The molecule has 0 saturated carbocycles. The summed E-state index contributed by atoms with van der Waals surface area (Å²) in [5, 5.41) is 8.94. The number of carbonyl (C=O) groups excluding carboxylic acids is 1. The first-order chi connectivity index (χ1) is 7.13. The summed E-state index contributed by atoms with van der Waals surface area (Å²) in [5.74, 6) is 0.262. The largest absolute Gasteiger partial charge is 0.392 e. The molecule has 15 heavy (non-hydrogen) atoms. The van der Waals surface area contributed by atoms with E-state index in [0.29, 0.717) is 5.75 Å². The van der Waals surface area contributed by atoms with E-state index in [4.69, 9.17) is 10.8 Å². The quantitative estimate of drug-likeness (QED) is 0.744. The highest BCUT2D eigenvalue weighted by atomic mass is 32.2. The summed E-state index contributed by atoms with van der Waals surface area (Å²) in [5.41, 5.74) is 6.05. The Morgan fingerprint density at radius 3 is 2.93 bits per heavy atom. The third kappa shape index (κ3) is 3.93. The van der Waals surface area contributed by atoms with Gasteiger partial charge in [0.1, 0.15) is 0 Å². The molecular weight excluding hydrogens is 210 g/mol. The van der Waals surface area contributed by atoms with Crippen molar-refractivity contribution in [1.82, 2.24) is 0 Å². The van der Waals surface area contributed by atoms with Crippen molar-refractivity contribution in [3.63, 3.8) is 0 Å². The van der Waals surface area contributed by atoms with Crippen LogP contribution in [0.4, 0.5) is 0 Å². The fraction of sp³-hybridized carbons (Fsp3) is 0.364. The van der Waals surface area contributed by atoms with Crippen LogP contribution in [-0.2, 0) is 11.4 Å². The topological polar surface area (TPSA) is 63.3 Å². The van der Waals surface area contributed by atoms with E-state index in [1.54, 1.807) is 11.8 Å². The van der Waals surface area contributed by atoms with Gasteiger partial charge in [0, 0.05) is 16.6 Å². The second-order valence-corrected chi connectivity index (χ2v) is 4.51. The van der Waals surface area contributed by atoms with E-state index in [0.717, 1.165) is 10.5 Å². The van der Waals surface area contributed by atoms with Crippen LogP contribution in [0, 0.1) is 5.92 Å². The lowest BCUT2D eigenvalue weighted by atomic mass is 10.2. The van der Waals surface area contributed by atoms with Crippen LogP contribution in [0.5, 0.6) is 0 Å². The van der Waals surface area contributed by atoms with E-state index in [2.05, 4.69) is 0 Å². The van der Waals surface area contributed by atoms with Crippen LogP contribution in [0.25, 0.3) is 0 Å².